The minimum absolute atomic E-state index is 0.0164. The molecule has 0 aromatic heterocycles. The van der Waals surface area contributed by atoms with Gasteiger partial charge >= 0.3 is 12.1 Å². The van der Waals surface area contributed by atoms with E-state index >= 15 is 0 Å². The third-order valence-corrected chi connectivity index (χ3v) is 2.66. The average molecular weight is 319 g/mol. The number of hydrogen-bond acceptors (Lipinski definition) is 4. The van der Waals surface area contributed by atoms with Gasteiger partial charge in [-0.2, -0.15) is 13.2 Å². The number of amides is 1. The predicted molar refractivity (Wildman–Crippen MR) is 71.2 cm³/mol. The summed E-state index contributed by atoms with van der Waals surface area (Å²) in [4.78, 5) is 22.6. The summed E-state index contributed by atoms with van der Waals surface area (Å²) in [6.45, 7) is 1.25. The zero-order chi connectivity index (χ0) is 16.8. The number of rotatable bonds is 6. The highest BCUT2D eigenvalue weighted by atomic mass is 19.4. The second-order valence-corrected chi connectivity index (χ2v) is 4.56. The van der Waals surface area contributed by atoms with Gasteiger partial charge in [-0.15, -0.1) is 0 Å². The Bertz CT molecular complexity index is 514. The fourth-order valence-electron chi connectivity index (χ4n) is 1.59. The smallest absolute Gasteiger partial charge is 0.416 e. The second kappa shape index (κ2) is 7.67. The Kier molecular flexibility index (Phi) is 6.21. The maximum absolute atomic E-state index is 12.4. The molecule has 5 nitrogen and oxygen atoms in total. The predicted octanol–water partition coefficient (Wildman–Crippen LogP) is 2.15. The number of hydrogen-bond donors (Lipinski definition) is 1. The lowest BCUT2D eigenvalue weighted by Gasteiger charge is -2.13. The van der Waals surface area contributed by atoms with Crippen molar-refractivity contribution >= 4 is 11.9 Å². The lowest BCUT2D eigenvalue weighted by Crippen LogP contribution is -2.37. The van der Waals surface area contributed by atoms with Crippen LogP contribution in [0.4, 0.5) is 13.2 Å². The molecule has 0 spiro atoms. The molecule has 0 heterocycles. The van der Waals surface area contributed by atoms with Gasteiger partial charge in [-0.3, -0.25) is 9.59 Å². The molecule has 1 aromatic rings. The van der Waals surface area contributed by atoms with Crippen LogP contribution in [0.3, 0.4) is 0 Å². The van der Waals surface area contributed by atoms with Gasteiger partial charge in [0, 0.05) is 6.04 Å². The number of halogens is 3. The number of benzene rings is 1. The first-order valence-electron chi connectivity index (χ1n) is 6.38. The monoisotopic (exact) mass is 319 g/mol. The molecular weight excluding hydrogens is 303 g/mol. The van der Waals surface area contributed by atoms with Gasteiger partial charge in [0.05, 0.1) is 19.1 Å². The van der Waals surface area contributed by atoms with Crippen molar-refractivity contribution in [1.29, 1.82) is 0 Å². The van der Waals surface area contributed by atoms with Crippen molar-refractivity contribution in [2.24, 2.45) is 0 Å². The minimum Gasteiger partial charge on any atom is -0.484 e. The molecule has 1 amide bonds. The van der Waals surface area contributed by atoms with E-state index in [2.05, 4.69) is 10.1 Å². The molecule has 1 unspecified atom stereocenters. The fraction of sp³-hybridized carbons (Fsp3) is 0.429. The van der Waals surface area contributed by atoms with Crippen molar-refractivity contribution in [3.63, 3.8) is 0 Å². The molecule has 0 saturated carbocycles. The van der Waals surface area contributed by atoms with Gasteiger partial charge in [0.25, 0.3) is 5.91 Å². The first-order chi connectivity index (χ1) is 10.2. The highest BCUT2D eigenvalue weighted by Crippen LogP contribution is 2.30. The van der Waals surface area contributed by atoms with E-state index in [9.17, 15) is 22.8 Å². The van der Waals surface area contributed by atoms with Crippen molar-refractivity contribution in [3.8, 4) is 5.75 Å². The summed E-state index contributed by atoms with van der Waals surface area (Å²) in [6, 6.07) is 3.57. The molecule has 0 saturated heterocycles. The van der Waals surface area contributed by atoms with Gasteiger partial charge < -0.3 is 14.8 Å². The Labute approximate surface area is 125 Å². The van der Waals surface area contributed by atoms with Gasteiger partial charge in [0.15, 0.2) is 6.61 Å². The van der Waals surface area contributed by atoms with Crippen LogP contribution in [-0.4, -0.2) is 31.6 Å². The van der Waals surface area contributed by atoms with E-state index in [0.717, 1.165) is 24.3 Å². The molecule has 0 bridgehead atoms. The van der Waals surface area contributed by atoms with Crippen molar-refractivity contribution < 1.29 is 32.2 Å². The topological polar surface area (TPSA) is 64.6 Å². The first kappa shape index (κ1) is 17.8. The third-order valence-electron chi connectivity index (χ3n) is 2.66. The largest absolute Gasteiger partial charge is 0.484 e. The van der Waals surface area contributed by atoms with E-state index in [-0.39, 0.29) is 18.8 Å². The molecule has 0 radical (unpaired) electrons. The number of esters is 1. The van der Waals surface area contributed by atoms with Crippen molar-refractivity contribution in [2.45, 2.75) is 25.6 Å². The van der Waals surface area contributed by atoms with Crippen molar-refractivity contribution in [1.82, 2.24) is 5.32 Å². The number of methoxy groups -OCH3 is 1. The maximum Gasteiger partial charge on any atom is 0.416 e. The van der Waals surface area contributed by atoms with E-state index in [1.807, 2.05) is 0 Å². The molecular formula is C14H16F3NO4. The summed E-state index contributed by atoms with van der Waals surface area (Å²) in [7, 11) is 1.24. The van der Waals surface area contributed by atoms with Gasteiger partial charge in [-0.1, -0.05) is 0 Å². The molecule has 0 aliphatic heterocycles. The van der Waals surface area contributed by atoms with Gasteiger partial charge in [-0.05, 0) is 31.2 Å². The molecule has 1 N–H and O–H groups in total. The highest BCUT2D eigenvalue weighted by molar-refractivity contribution is 5.79. The van der Waals surface area contributed by atoms with E-state index in [4.69, 9.17) is 4.74 Å². The summed E-state index contributed by atoms with van der Waals surface area (Å²) in [6.07, 6.45) is -4.40. The highest BCUT2D eigenvalue weighted by Gasteiger charge is 2.30. The van der Waals surface area contributed by atoms with E-state index in [0.29, 0.717) is 0 Å². The Morgan fingerprint density at radius 1 is 1.23 bits per heavy atom. The summed E-state index contributed by atoms with van der Waals surface area (Å²) in [5.41, 5.74) is -0.795. The molecule has 1 atom stereocenters. The van der Waals surface area contributed by atoms with Gasteiger partial charge in [-0.25, -0.2) is 0 Å². The molecule has 0 fully saturated rings. The van der Waals surface area contributed by atoms with Crippen LogP contribution in [0.5, 0.6) is 5.75 Å². The third kappa shape index (κ3) is 6.02. The average Bonchev–Trinajstić information content (AvgIpc) is 2.44. The Morgan fingerprint density at radius 3 is 2.32 bits per heavy atom. The standard InChI is InChI=1S/C14H16F3NO4/c1-9(7-13(20)21-2)18-12(19)8-22-11-5-3-10(4-6-11)14(15,16)17/h3-6,9H,7-8H2,1-2H3,(H,18,19). The Morgan fingerprint density at radius 2 is 1.82 bits per heavy atom. The number of ether oxygens (including phenoxy) is 2. The normalized spacial score (nSPS) is 12.4. The van der Waals surface area contributed by atoms with Crippen LogP contribution in [-0.2, 0) is 20.5 Å². The quantitative estimate of drug-likeness (QED) is 0.816. The zero-order valence-electron chi connectivity index (χ0n) is 12.1. The van der Waals surface area contributed by atoms with Crippen molar-refractivity contribution in [2.75, 3.05) is 13.7 Å². The van der Waals surface area contributed by atoms with Gasteiger partial charge in [0.1, 0.15) is 5.75 Å². The number of carbonyl (C=O) groups excluding carboxylic acids is 2. The van der Waals surface area contributed by atoms with Crippen LogP contribution in [0.2, 0.25) is 0 Å². The number of alkyl halides is 3. The van der Waals surface area contributed by atoms with Crippen molar-refractivity contribution in [3.05, 3.63) is 29.8 Å². The fourth-order valence-corrected chi connectivity index (χ4v) is 1.59. The minimum atomic E-state index is -4.42. The molecule has 0 aliphatic carbocycles. The molecule has 1 aromatic carbocycles. The summed E-state index contributed by atoms with van der Waals surface area (Å²) < 4.78 is 46.6. The Hall–Kier alpha value is -2.25. The van der Waals surface area contributed by atoms with Crippen LogP contribution in [0, 0.1) is 0 Å². The van der Waals surface area contributed by atoms with Crippen LogP contribution < -0.4 is 10.1 Å². The molecule has 22 heavy (non-hydrogen) atoms. The Balaban J connectivity index is 2.42. The number of nitrogens with one attached hydrogen (secondary N) is 1. The van der Waals surface area contributed by atoms with E-state index in [1.165, 1.54) is 7.11 Å². The molecule has 1 rings (SSSR count). The molecule has 8 heteroatoms. The summed E-state index contributed by atoms with van der Waals surface area (Å²) >= 11 is 0. The molecule has 122 valence electrons. The summed E-state index contributed by atoms with van der Waals surface area (Å²) in [5.74, 6) is -0.809. The van der Waals surface area contributed by atoms with E-state index < -0.39 is 29.7 Å². The SMILES string of the molecule is COC(=O)CC(C)NC(=O)COc1ccc(C(F)(F)F)cc1. The van der Waals surface area contributed by atoms with Gasteiger partial charge in [0.2, 0.25) is 0 Å². The molecule has 0 aliphatic rings. The van der Waals surface area contributed by atoms with Crippen LogP contribution in [0.1, 0.15) is 18.9 Å². The summed E-state index contributed by atoms with van der Waals surface area (Å²) in [5, 5.41) is 2.51. The van der Waals surface area contributed by atoms with E-state index in [1.54, 1.807) is 6.92 Å². The van der Waals surface area contributed by atoms with Crippen LogP contribution in [0.25, 0.3) is 0 Å². The number of carbonyl (C=O) groups is 2. The second-order valence-electron chi connectivity index (χ2n) is 4.56. The zero-order valence-corrected chi connectivity index (χ0v) is 12.1. The lowest BCUT2D eigenvalue weighted by atomic mass is 10.2. The maximum atomic E-state index is 12.4. The van der Waals surface area contributed by atoms with Crippen LogP contribution in [0.15, 0.2) is 24.3 Å². The lowest BCUT2D eigenvalue weighted by molar-refractivity contribution is -0.141. The van der Waals surface area contributed by atoms with Crippen LogP contribution >= 0.6 is 0 Å². The first-order valence-corrected chi connectivity index (χ1v) is 6.38.